The molecule has 1 unspecified atom stereocenters. The van der Waals surface area contributed by atoms with Gasteiger partial charge in [-0.15, -0.1) is 0 Å². The fourth-order valence-corrected chi connectivity index (χ4v) is 2.57. The van der Waals surface area contributed by atoms with Gasteiger partial charge in [0.1, 0.15) is 6.07 Å². The molecule has 0 spiro atoms. The quantitative estimate of drug-likeness (QED) is 0.885. The highest BCUT2D eigenvalue weighted by Gasteiger charge is 2.23. The smallest absolute Gasteiger partial charge is 0.183 e. The summed E-state index contributed by atoms with van der Waals surface area (Å²) < 4.78 is 27.2. The van der Waals surface area contributed by atoms with Gasteiger partial charge >= 0.3 is 0 Å². The highest BCUT2D eigenvalue weighted by molar-refractivity contribution is 5.50. The van der Waals surface area contributed by atoms with E-state index in [9.17, 15) is 8.78 Å². The summed E-state index contributed by atoms with van der Waals surface area (Å²) in [5.74, 6) is -1.51. The van der Waals surface area contributed by atoms with E-state index in [1.165, 1.54) is 25.0 Å². The number of benzene rings is 1. The summed E-state index contributed by atoms with van der Waals surface area (Å²) in [7, 11) is 0. The lowest BCUT2D eigenvalue weighted by Gasteiger charge is -2.22. The molecule has 1 aromatic carbocycles. The molecule has 2 nitrogen and oxygen atoms in total. The maximum atomic E-state index is 13.7. The highest BCUT2D eigenvalue weighted by atomic mass is 19.2. The summed E-state index contributed by atoms with van der Waals surface area (Å²) in [6, 6.07) is 4.49. The van der Waals surface area contributed by atoms with E-state index in [0.29, 0.717) is 5.92 Å². The minimum atomic E-state index is -1.07. The van der Waals surface area contributed by atoms with Gasteiger partial charge in [-0.05, 0) is 37.8 Å². The van der Waals surface area contributed by atoms with Crippen LogP contribution < -0.4 is 5.32 Å². The van der Waals surface area contributed by atoms with Crippen molar-refractivity contribution in [2.75, 3.05) is 5.32 Å². The van der Waals surface area contributed by atoms with E-state index < -0.39 is 11.6 Å². The fourth-order valence-electron chi connectivity index (χ4n) is 2.57. The van der Waals surface area contributed by atoms with Gasteiger partial charge in [0.05, 0.1) is 11.3 Å². The Morgan fingerprint density at radius 3 is 2.56 bits per heavy atom. The molecule has 1 aliphatic carbocycles. The third kappa shape index (κ3) is 2.45. The molecule has 0 heterocycles. The molecule has 1 fully saturated rings. The molecule has 1 N–H and O–H groups in total. The molecule has 0 bridgehead atoms. The topological polar surface area (TPSA) is 35.8 Å². The Kier molecular flexibility index (Phi) is 3.81. The molecular formula is C14H16F2N2. The Balaban J connectivity index is 2.14. The van der Waals surface area contributed by atoms with Gasteiger partial charge in [0, 0.05) is 6.04 Å². The van der Waals surface area contributed by atoms with Crippen LogP contribution in [-0.4, -0.2) is 6.04 Å². The van der Waals surface area contributed by atoms with Crippen molar-refractivity contribution in [2.45, 2.75) is 38.6 Å². The van der Waals surface area contributed by atoms with Crippen molar-refractivity contribution in [1.82, 2.24) is 0 Å². The highest BCUT2D eigenvalue weighted by Crippen LogP contribution is 2.30. The Bertz CT molecular complexity index is 473. The van der Waals surface area contributed by atoms with Crippen LogP contribution in [0.25, 0.3) is 0 Å². The molecule has 1 aliphatic rings. The molecule has 0 radical (unpaired) electrons. The van der Waals surface area contributed by atoms with Crippen molar-refractivity contribution in [1.29, 1.82) is 5.26 Å². The van der Waals surface area contributed by atoms with E-state index in [4.69, 9.17) is 5.26 Å². The van der Waals surface area contributed by atoms with Gasteiger partial charge < -0.3 is 5.32 Å². The Morgan fingerprint density at radius 2 is 1.94 bits per heavy atom. The molecule has 2 rings (SSSR count). The van der Waals surface area contributed by atoms with Crippen LogP contribution in [0.3, 0.4) is 0 Å². The van der Waals surface area contributed by atoms with Gasteiger partial charge in [0.15, 0.2) is 11.6 Å². The largest absolute Gasteiger partial charge is 0.380 e. The lowest BCUT2D eigenvalue weighted by Crippen LogP contribution is -2.24. The number of hydrogen-bond acceptors (Lipinski definition) is 2. The molecule has 18 heavy (non-hydrogen) atoms. The Labute approximate surface area is 106 Å². The molecule has 0 amide bonds. The van der Waals surface area contributed by atoms with Gasteiger partial charge in [-0.25, -0.2) is 8.78 Å². The van der Waals surface area contributed by atoms with Crippen LogP contribution in [0.15, 0.2) is 12.1 Å². The van der Waals surface area contributed by atoms with E-state index in [2.05, 4.69) is 5.32 Å². The van der Waals surface area contributed by atoms with E-state index in [0.717, 1.165) is 12.8 Å². The van der Waals surface area contributed by atoms with Crippen LogP contribution in [-0.2, 0) is 0 Å². The Hall–Kier alpha value is -1.63. The van der Waals surface area contributed by atoms with E-state index in [-0.39, 0.29) is 17.3 Å². The maximum absolute atomic E-state index is 13.7. The lowest BCUT2D eigenvalue weighted by atomic mass is 9.99. The lowest BCUT2D eigenvalue weighted by molar-refractivity contribution is 0.472. The van der Waals surface area contributed by atoms with Gasteiger partial charge in [-0.3, -0.25) is 0 Å². The molecule has 1 atom stereocenters. The van der Waals surface area contributed by atoms with Crippen molar-refractivity contribution in [3.8, 4) is 6.07 Å². The van der Waals surface area contributed by atoms with E-state index in [1.807, 2.05) is 6.92 Å². The number of nitriles is 1. The van der Waals surface area contributed by atoms with Crippen molar-refractivity contribution >= 4 is 5.69 Å². The van der Waals surface area contributed by atoms with Crippen LogP contribution in [0.4, 0.5) is 14.5 Å². The zero-order valence-corrected chi connectivity index (χ0v) is 10.3. The summed E-state index contributed by atoms with van der Waals surface area (Å²) in [4.78, 5) is 0. The Morgan fingerprint density at radius 1 is 1.28 bits per heavy atom. The average molecular weight is 250 g/mol. The first-order valence-corrected chi connectivity index (χ1v) is 6.28. The first kappa shape index (κ1) is 12.8. The first-order chi connectivity index (χ1) is 8.63. The summed E-state index contributed by atoms with van der Waals surface area (Å²) >= 11 is 0. The summed E-state index contributed by atoms with van der Waals surface area (Å²) in [5.41, 5.74) is -0.113. The number of nitrogens with one attached hydrogen (secondary N) is 1. The van der Waals surface area contributed by atoms with Crippen molar-refractivity contribution in [3.63, 3.8) is 0 Å². The monoisotopic (exact) mass is 250 g/mol. The third-order valence-corrected chi connectivity index (χ3v) is 3.69. The predicted molar refractivity (Wildman–Crippen MR) is 66.1 cm³/mol. The van der Waals surface area contributed by atoms with Crippen molar-refractivity contribution < 1.29 is 8.78 Å². The molecular weight excluding hydrogens is 234 g/mol. The number of nitrogens with zero attached hydrogens (tertiary/aromatic N) is 1. The zero-order chi connectivity index (χ0) is 13.1. The van der Waals surface area contributed by atoms with Crippen LogP contribution in [0.2, 0.25) is 0 Å². The minimum absolute atomic E-state index is 0.120. The maximum Gasteiger partial charge on any atom is 0.183 e. The zero-order valence-electron chi connectivity index (χ0n) is 10.3. The SMILES string of the molecule is CC(Nc1ccc(C#N)c(F)c1F)C1CCCC1. The van der Waals surface area contributed by atoms with E-state index in [1.54, 1.807) is 6.07 Å². The first-order valence-electron chi connectivity index (χ1n) is 6.28. The molecule has 1 aromatic rings. The molecule has 1 saturated carbocycles. The van der Waals surface area contributed by atoms with Gasteiger partial charge in [-0.2, -0.15) is 5.26 Å². The van der Waals surface area contributed by atoms with Crippen LogP contribution in [0.1, 0.15) is 38.2 Å². The van der Waals surface area contributed by atoms with Crippen LogP contribution >= 0.6 is 0 Å². The summed E-state index contributed by atoms with van der Waals surface area (Å²) in [5, 5.41) is 11.6. The summed E-state index contributed by atoms with van der Waals surface area (Å²) in [6.45, 7) is 1.99. The normalized spacial score (nSPS) is 17.4. The second kappa shape index (κ2) is 5.34. The fraction of sp³-hybridized carbons (Fsp3) is 0.500. The van der Waals surface area contributed by atoms with Gasteiger partial charge in [-0.1, -0.05) is 12.8 Å². The second-order valence-electron chi connectivity index (χ2n) is 4.88. The molecule has 96 valence electrons. The van der Waals surface area contributed by atoms with Crippen molar-refractivity contribution in [2.24, 2.45) is 5.92 Å². The second-order valence-corrected chi connectivity index (χ2v) is 4.88. The molecule has 0 saturated heterocycles. The molecule has 0 aliphatic heterocycles. The number of halogens is 2. The predicted octanol–water partition coefficient (Wildman–Crippen LogP) is 3.83. The van der Waals surface area contributed by atoms with E-state index >= 15 is 0 Å². The average Bonchev–Trinajstić information content (AvgIpc) is 2.89. The third-order valence-electron chi connectivity index (χ3n) is 3.69. The van der Waals surface area contributed by atoms with Gasteiger partial charge in [0.2, 0.25) is 0 Å². The van der Waals surface area contributed by atoms with Crippen LogP contribution in [0.5, 0.6) is 0 Å². The summed E-state index contributed by atoms with van der Waals surface area (Å²) in [6.07, 6.45) is 4.69. The molecule has 0 aromatic heterocycles. The van der Waals surface area contributed by atoms with Crippen LogP contribution in [0, 0.1) is 28.9 Å². The van der Waals surface area contributed by atoms with Crippen molar-refractivity contribution in [3.05, 3.63) is 29.3 Å². The minimum Gasteiger partial charge on any atom is -0.380 e. The molecule has 4 heteroatoms. The standard InChI is InChI=1S/C14H16F2N2/c1-9(10-4-2-3-5-10)18-12-7-6-11(8-17)13(15)14(12)16/h6-7,9-10,18H,2-5H2,1H3. The number of anilines is 1. The number of rotatable bonds is 3. The van der Waals surface area contributed by atoms with Gasteiger partial charge in [0.25, 0.3) is 0 Å². The number of hydrogen-bond donors (Lipinski definition) is 1.